The molecule has 1 aromatic heterocycles. The first-order valence-corrected chi connectivity index (χ1v) is 6.59. The highest BCUT2D eigenvalue weighted by molar-refractivity contribution is 6.44. The van der Waals surface area contributed by atoms with Gasteiger partial charge in [0.1, 0.15) is 11.5 Å². The average molecular weight is 305 g/mol. The fraction of sp³-hybridized carbons (Fsp3) is 0.231. The third kappa shape index (κ3) is 3.21. The second-order valence-electron chi connectivity index (χ2n) is 3.94. The molecule has 2 nitrogen and oxygen atoms in total. The van der Waals surface area contributed by atoms with Crippen LogP contribution in [0.3, 0.4) is 0 Å². The fourth-order valence-corrected chi connectivity index (χ4v) is 2.30. The fourth-order valence-electron chi connectivity index (χ4n) is 1.62. The van der Waals surface area contributed by atoms with Gasteiger partial charge in [0, 0.05) is 17.1 Å². The third-order valence-electron chi connectivity index (χ3n) is 2.54. The van der Waals surface area contributed by atoms with Crippen molar-refractivity contribution >= 4 is 34.8 Å². The van der Waals surface area contributed by atoms with Crippen molar-refractivity contribution in [1.82, 2.24) is 5.32 Å². The highest BCUT2D eigenvalue weighted by Gasteiger charge is 2.09. The summed E-state index contributed by atoms with van der Waals surface area (Å²) in [5, 5.41) is 4.82. The largest absolute Gasteiger partial charge is 0.465 e. The standard InChI is InChI=1S/C13H12Cl3NO/c1-8-2-3-9(18-8)6-17-7-10-11(14)4-5-12(15)13(10)16/h2-5,17H,6-7H2,1H3. The summed E-state index contributed by atoms with van der Waals surface area (Å²) in [6.07, 6.45) is 0. The average Bonchev–Trinajstić information content (AvgIpc) is 2.74. The quantitative estimate of drug-likeness (QED) is 0.818. The first-order chi connectivity index (χ1) is 8.58. The minimum absolute atomic E-state index is 0.493. The van der Waals surface area contributed by atoms with Crippen LogP contribution in [-0.2, 0) is 13.1 Å². The Morgan fingerprint density at radius 3 is 2.39 bits per heavy atom. The van der Waals surface area contributed by atoms with Crippen molar-refractivity contribution in [2.24, 2.45) is 0 Å². The van der Waals surface area contributed by atoms with E-state index in [0.717, 1.165) is 17.1 Å². The van der Waals surface area contributed by atoms with Gasteiger partial charge in [-0.15, -0.1) is 0 Å². The van der Waals surface area contributed by atoms with Crippen LogP contribution in [0, 0.1) is 6.92 Å². The molecule has 1 aromatic carbocycles. The Balaban J connectivity index is 2.00. The molecule has 1 N–H and O–H groups in total. The molecule has 2 rings (SSSR count). The van der Waals surface area contributed by atoms with Gasteiger partial charge in [-0.3, -0.25) is 0 Å². The normalized spacial score (nSPS) is 10.9. The molecule has 18 heavy (non-hydrogen) atoms. The number of furan rings is 1. The van der Waals surface area contributed by atoms with Gasteiger partial charge in [-0.05, 0) is 31.2 Å². The lowest BCUT2D eigenvalue weighted by atomic mass is 10.2. The lowest BCUT2D eigenvalue weighted by molar-refractivity contribution is 0.462. The molecule has 0 radical (unpaired) electrons. The summed E-state index contributed by atoms with van der Waals surface area (Å²) in [4.78, 5) is 0. The van der Waals surface area contributed by atoms with Gasteiger partial charge in [0.15, 0.2) is 0 Å². The van der Waals surface area contributed by atoms with Gasteiger partial charge in [0.05, 0.1) is 16.6 Å². The van der Waals surface area contributed by atoms with Crippen molar-refractivity contribution in [3.05, 3.63) is 56.4 Å². The molecular weight excluding hydrogens is 293 g/mol. The number of nitrogens with one attached hydrogen (secondary N) is 1. The summed E-state index contributed by atoms with van der Waals surface area (Å²) >= 11 is 18.1. The number of hydrogen-bond donors (Lipinski definition) is 1. The zero-order valence-electron chi connectivity index (χ0n) is 9.77. The molecule has 0 amide bonds. The molecule has 5 heteroatoms. The molecule has 96 valence electrons. The smallest absolute Gasteiger partial charge is 0.117 e. The molecule has 2 aromatic rings. The summed E-state index contributed by atoms with van der Waals surface area (Å²) < 4.78 is 5.45. The van der Waals surface area contributed by atoms with Crippen LogP contribution in [0.1, 0.15) is 17.1 Å². The summed E-state index contributed by atoms with van der Waals surface area (Å²) in [6, 6.07) is 7.29. The van der Waals surface area contributed by atoms with E-state index in [1.165, 1.54) is 0 Å². The van der Waals surface area contributed by atoms with Crippen LogP contribution < -0.4 is 5.32 Å². The van der Waals surface area contributed by atoms with Crippen LogP contribution in [0.15, 0.2) is 28.7 Å². The van der Waals surface area contributed by atoms with Crippen molar-refractivity contribution in [1.29, 1.82) is 0 Å². The Kier molecular flexibility index (Phi) is 4.57. The van der Waals surface area contributed by atoms with Crippen LogP contribution in [0.25, 0.3) is 0 Å². The Morgan fingerprint density at radius 1 is 1.00 bits per heavy atom. The van der Waals surface area contributed by atoms with E-state index in [1.807, 2.05) is 19.1 Å². The molecule has 0 aliphatic rings. The third-order valence-corrected chi connectivity index (χ3v) is 3.73. The van der Waals surface area contributed by atoms with Gasteiger partial charge in [0.2, 0.25) is 0 Å². The molecule has 0 fully saturated rings. The number of rotatable bonds is 4. The van der Waals surface area contributed by atoms with E-state index >= 15 is 0 Å². The maximum absolute atomic E-state index is 6.10. The van der Waals surface area contributed by atoms with E-state index in [9.17, 15) is 0 Å². The minimum atomic E-state index is 0.493. The van der Waals surface area contributed by atoms with Gasteiger partial charge in [-0.1, -0.05) is 34.8 Å². The lowest BCUT2D eigenvalue weighted by Crippen LogP contribution is -2.13. The maximum Gasteiger partial charge on any atom is 0.117 e. The van der Waals surface area contributed by atoms with Gasteiger partial charge in [0.25, 0.3) is 0 Å². The van der Waals surface area contributed by atoms with Crippen molar-refractivity contribution < 1.29 is 4.42 Å². The van der Waals surface area contributed by atoms with Gasteiger partial charge < -0.3 is 9.73 Å². The van der Waals surface area contributed by atoms with Crippen LogP contribution >= 0.6 is 34.8 Å². The summed E-state index contributed by atoms with van der Waals surface area (Å²) in [7, 11) is 0. The summed E-state index contributed by atoms with van der Waals surface area (Å²) in [5.41, 5.74) is 0.800. The van der Waals surface area contributed by atoms with E-state index < -0.39 is 0 Å². The number of aryl methyl sites for hydroxylation is 1. The molecule has 0 atom stereocenters. The first-order valence-electron chi connectivity index (χ1n) is 5.46. The Labute approximate surface area is 121 Å². The molecule has 0 aliphatic carbocycles. The van der Waals surface area contributed by atoms with E-state index in [1.54, 1.807) is 12.1 Å². The minimum Gasteiger partial charge on any atom is -0.465 e. The monoisotopic (exact) mass is 303 g/mol. The molecule has 0 bridgehead atoms. The zero-order valence-corrected chi connectivity index (χ0v) is 12.0. The number of hydrogen-bond acceptors (Lipinski definition) is 2. The lowest BCUT2D eigenvalue weighted by Gasteiger charge is -2.09. The SMILES string of the molecule is Cc1ccc(CNCc2c(Cl)ccc(Cl)c2Cl)o1. The second kappa shape index (κ2) is 5.98. The number of benzene rings is 1. The van der Waals surface area contributed by atoms with Crippen LogP contribution in [0.5, 0.6) is 0 Å². The van der Waals surface area contributed by atoms with Crippen molar-refractivity contribution in [3.63, 3.8) is 0 Å². The molecular formula is C13H12Cl3NO. The topological polar surface area (TPSA) is 25.2 Å². The second-order valence-corrected chi connectivity index (χ2v) is 5.13. The highest BCUT2D eigenvalue weighted by Crippen LogP contribution is 2.31. The van der Waals surface area contributed by atoms with Crippen LogP contribution in [0.4, 0.5) is 0 Å². The molecule has 0 saturated heterocycles. The highest BCUT2D eigenvalue weighted by atomic mass is 35.5. The van der Waals surface area contributed by atoms with Crippen LogP contribution in [0.2, 0.25) is 15.1 Å². The van der Waals surface area contributed by atoms with Crippen LogP contribution in [-0.4, -0.2) is 0 Å². The molecule has 0 aliphatic heterocycles. The van der Waals surface area contributed by atoms with Gasteiger partial charge >= 0.3 is 0 Å². The Morgan fingerprint density at radius 2 is 1.72 bits per heavy atom. The Hall–Kier alpha value is -0.670. The van der Waals surface area contributed by atoms with E-state index in [2.05, 4.69) is 5.32 Å². The molecule has 0 spiro atoms. The predicted octanol–water partition coefficient (Wildman–Crippen LogP) is 4.84. The molecule has 0 saturated carbocycles. The summed E-state index contributed by atoms with van der Waals surface area (Å²) in [6.45, 7) is 3.07. The zero-order chi connectivity index (χ0) is 13.1. The van der Waals surface area contributed by atoms with E-state index in [4.69, 9.17) is 39.2 Å². The first kappa shape index (κ1) is 13.8. The van der Waals surface area contributed by atoms with Gasteiger partial charge in [-0.25, -0.2) is 0 Å². The number of halogens is 3. The summed E-state index contributed by atoms with van der Waals surface area (Å²) in [5.74, 6) is 1.77. The molecule has 1 heterocycles. The predicted molar refractivity (Wildman–Crippen MR) is 75.5 cm³/mol. The van der Waals surface area contributed by atoms with E-state index in [0.29, 0.717) is 28.2 Å². The molecule has 0 unspecified atom stereocenters. The Bertz CT molecular complexity index is 551. The maximum atomic E-state index is 6.10. The van der Waals surface area contributed by atoms with Crippen molar-refractivity contribution in [2.75, 3.05) is 0 Å². The van der Waals surface area contributed by atoms with Gasteiger partial charge in [-0.2, -0.15) is 0 Å². The van der Waals surface area contributed by atoms with E-state index in [-0.39, 0.29) is 0 Å². The van der Waals surface area contributed by atoms with Crippen molar-refractivity contribution in [3.8, 4) is 0 Å². The van der Waals surface area contributed by atoms with Crippen molar-refractivity contribution in [2.45, 2.75) is 20.0 Å².